The first-order valence-corrected chi connectivity index (χ1v) is 6.69. The van der Waals surface area contributed by atoms with Crippen LogP contribution in [0.5, 0.6) is 0 Å². The highest BCUT2D eigenvalue weighted by molar-refractivity contribution is 6.34. The lowest BCUT2D eigenvalue weighted by atomic mass is 10.0. The van der Waals surface area contributed by atoms with E-state index in [0.717, 1.165) is 4.90 Å². The molecule has 1 N–H and O–H groups in total. The Kier molecular flexibility index (Phi) is 4.13. The van der Waals surface area contributed by atoms with Crippen LogP contribution in [0.25, 0.3) is 0 Å². The lowest BCUT2D eigenvalue weighted by molar-refractivity contribution is -0.385. The van der Waals surface area contributed by atoms with Crippen molar-refractivity contribution in [2.75, 3.05) is 6.54 Å². The number of carbonyl (C=O) groups is 2. The summed E-state index contributed by atoms with van der Waals surface area (Å²) in [6.45, 7) is 1.96. The van der Waals surface area contributed by atoms with Crippen molar-refractivity contribution in [3.8, 4) is 0 Å². The Morgan fingerprint density at radius 3 is 2.71 bits per heavy atom. The molecule has 1 aliphatic rings. The topological polar surface area (TPSA) is 101 Å². The number of amides is 1. The second-order valence-corrected chi connectivity index (χ2v) is 5.35. The number of nitro benzene ring substituents is 1. The number of likely N-dealkylation sites (tertiary alicyclic amines) is 1. The number of hydrogen-bond donors (Lipinski definition) is 1. The van der Waals surface area contributed by atoms with Crippen molar-refractivity contribution in [2.24, 2.45) is 5.92 Å². The molecule has 1 aliphatic heterocycles. The molecule has 8 heteroatoms. The highest BCUT2D eigenvalue weighted by atomic mass is 35.5. The number of carboxylic acid groups (broad SMARTS) is 1. The molecule has 1 saturated heterocycles. The van der Waals surface area contributed by atoms with Gasteiger partial charge in [0.15, 0.2) is 0 Å². The molecule has 7 nitrogen and oxygen atoms in total. The molecule has 0 spiro atoms. The highest BCUT2D eigenvalue weighted by Gasteiger charge is 2.41. The van der Waals surface area contributed by atoms with Crippen molar-refractivity contribution >= 4 is 29.2 Å². The predicted octanol–water partition coefficient (Wildman–Crippen LogP) is 2.18. The van der Waals surface area contributed by atoms with E-state index in [2.05, 4.69) is 0 Å². The maximum Gasteiger partial charge on any atom is 0.326 e. The summed E-state index contributed by atoms with van der Waals surface area (Å²) in [6, 6.07) is 2.93. The maximum absolute atomic E-state index is 12.5. The normalized spacial score (nSPS) is 21.3. The van der Waals surface area contributed by atoms with Gasteiger partial charge in [0, 0.05) is 12.6 Å². The van der Waals surface area contributed by atoms with E-state index in [1.54, 1.807) is 6.92 Å². The first-order chi connectivity index (χ1) is 9.84. The zero-order chi connectivity index (χ0) is 15.7. The molecular formula is C13H13ClN2O5. The van der Waals surface area contributed by atoms with Crippen LogP contribution in [0.3, 0.4) is 0 Å². The second kappa shape index (κ2) is 5.69. The van der Waals surface area contributed by atoms with Gasteiger partial charge in [-0.25, -0.2) is 4.79 Å². The van der Waals surface area contributed by atoms with E-state index < -0.39 is 28.5 Å². The number of halogens is 1. The Balaban J connectivity index is 2.46. The van der Waals surface area contributed by atoms with E-state index in [9.17, 15) is 24.8 Å². The molecule has 2 unspecified atom stereocenters. The van der Waals surface area contributed by atoms with E-state index in [1.807, 2.05) is 0 Å². The standard InChI is InChI=1S/C13H13ClN2O5/c1-7-5-6-15(11(7)13(18)19)12(17)10-8(14)3-2-4-9(10)16(20)21/h2-4,7,11H,5-6H2,1H3,(H,18,19). The number of carbonyl (C=O) groups excluding carboxylic acids is 1. The fraction of sp³-hybridized carbons (Fsp3) is 0.385. The van der Waals surface area contributed by atoms with Crippen LogP contribution in [0.1, 0.15) is 23.7 Å². The van der Waals surface area contributed by atoms with Gasteiger partial charge in [0.2, 0.25) is 0 Å². The number of aliphatic carboxylic acids is 1. The largest absolute Gasteiger partial charge is 0.480 e. The lowest BCUT2D eigenvalue weighted by Crippen LogP contribution is -2.43. The van der Waals surface area contributed by atoms with Gasteiger partial charge in [0.25, 0.3) is 11.6 Å². The van der Waals surface area contributed by atoms with Gasteiger partial charge in [0.1, 0.15) is 11.6 Å². The molecule has 0 aliphatic carbocycles. The summed E-state index contributed by atoms with van der Waals surface area (Å²) in [7, 11) is 0. The first-order valence-electron chi connectivity index (χ1n) is 6.31. The van der Waals surface area contributed by atoms with Crippen LogP contribution in [-0.4, -0.2) is 39.4 Å². The van der Waals surface area contributed by atoms with Gasteiger partial charge in [-0.3, -0.25) is 14.9 Å². The molecule has 2 atom stereocenters. The molecule has 0 radical (unpaired) electrons. The number of carboxylic acids is 1. The molecule has 112 valence electrons. The Morgan fingerprint density at radius 1 is 1.48 bits per heavy atom. The van der Waals surface area contributed by atoms with Crippen LogP contribution in [0.4, 0.5) is 5.69 Å². The van der Waals surface area contributed by atoms with Gasteiger partial charge in [-0.15, -0.1) is 0 Å². The van der Waals surface area contributed by atoms with Gasteiger partial charge < -0.3 is 10.0 Å². The Hall–Kier alpha value is -2.15. The Bertz CT molecular complexity index is 619. The first kappa shape index (κ1) is 15.2. The van der Waals surface area contributed by atoms with Gasteiger partial charge in [0.05, 0.1) is 9.95 Å². The molecule has 1 amide bonds. The quantitative estimate of drug-likeness (QED) is 0.681. The van der Waals surface area contributed by atoms with Crippen LogP contribution in [-0.2, 0) is 4.79 Å². The van der Waals surface area contributed by atoms with E-state index in [-0.39, 0.29) is 23.0 Å². The molecule has 0 saturated carbocycles. The third-order valence-corrected chi connectivity index (χ3v) is 3.93. The summed E-state index contributed by atoms with van der Waals surface area (Å²) in [5.41, 5.74) is -0.680. The minimum absolute atomic E-state index is 0.0575. The SMILES string of the molecule is CC1CCN(C(=O)c2c(Cl)cccc2[N+](=O)[O-])C1C(=O)O. The second-order valence-electron chi connectivity index (χ2n) is 4.94. The summed E-state index contributed by atoms with van der Waals surface area (Å²) < 4.78 is 0. The minimum atomic E-state index is -1.12. The minimum Gasteiger partial charge on any atom is -0.480 e. The Labute approximate surface area is 125 Å². The molecule has 1 aromatic carbocycles. The van der Waals surface area contributed by atoms with Crippen molar-refractivity contribution < 1.29 is 19.6 Å². The van der Waals surface area contributed by atoms with Crippen LogP contribution in [0, 0.1) is 16.0 Å². The number of hydrogen-bond acceptors (Lipinski definition) is 4. The predicted molar refractivity (Wildman–Crippen MR) is 74.3 cm³/mol. The van der Waals surface area contributed by atoms with Gasteiger partial charge in [-0.05, 0) is 18.4 Å². The summed E-state index contributed by atoms with van der Waals surface area (Å²) in [4.78, 5) is 35.3. The van der Waals surface area contributed by atoms with Crippen molar-refractivity contribution in [3.05, 3.63) is 38.9 Å². The van der Waals surface area contributed by atoms with Crippen molar-refractivity contribution in [2.45, 2.75) is 19.4 Å². The van der Waals surface area contributed by atoms with E-state index in [0.29, 0.717) is 6.42 Å². The number of benzene rings is 1. The fourth-order valence-electron chi connectivity index (χ4n) is 2.57. The maximum atomic E-state index is 12.5. The molecule has 0 bridgehead atoms. The summed E-state index contributed by atoms with van der Waals surface area (Å²) >= 11 is 5.91. The zero-order valence-corrected chi connectivity index (χ0v) is 11.9. The van der Waals surface area contributed by atoms with Gasteiger partial charge in [-0.1, -0.05) is 24.6 Å². The molecule has 1 fully saturated rings. The summed E-state index contributed by atoms with van der Waals surface area (Å²) in [5, 5.41) is 20.2. The van der Waals surface area contributed by atoms with E-state index in [1.165, 1.54) is 18.2 Å². The Morgan fingerprint density at radius 2 is 2.14 bits per heavy atom. The molecule has 0 aromatic heterocycles. The smallest absolute Gasteiger partial charge is 0.326 e. The molecular weight excluding hydrogens is 300 g/mol. The number of rotatable bonds is 3. The van der Waals surface area contributed by atoms with E-state index >= 15 is 0 Å². The monoisotopic (exact) mass is 312 g/mol. The van der Waals surface area contributed by atoms with Crippen LogP contribution in [0.2, 0.25) is 5.02 Å². The average molecular weight is 313 g/mol. The molecule has 1 heterocycles. The third kappa shape index (κ3) is 2.69. The zero-order valence-electron chi connectivity index (χ0n) is 11.2. The number of nitro groups is 1. The van der Waals surface area contributed by atoms with Crippen molar-refractivity contribution in [1.82, 2.24) is 4.90 Å². The highest BCUT2D eigenvalue weighted by Crippen LogP contribution is 2.32. The van der Waals surface area contributed by atoms with Crippen LogP contribution in [0.15, 0.2) is 18.2 Å². The fourth-order valence-corrected chi connectivity index (χ4v) is 2.82. The molecule has 2 rings (SSSR count). The van der Waals surface area contributed by atoms with Gasteiger partial charge >= 0.3 is 5.97 Å². The summed E-state index contributed by atoms with van der Waals surface area (Å²) in [6.07, 6.45) is 0.529. The van der Waals surface area contributed by atoms with Crippen LogP contribution < -0.4 is 0 Å². The number of nitrogens with zero attached hydrogens (tertiary/aromatic N) is 2. The summed E-state index contributed by atoms with van der Waals surface area (Å²) in [5.74, 6) is -2.06. The lowest BCUT2D eigenvalue weighted by Gasteiger charge is -2.23. The van der Waals surface area contributed by atoms with Crippen LogP contribution >= 0.6 is 11.6 Å². The van der Waals surface area contributed by atoms with Crippen molar-refractivity contribution in [3.63, 3.8) is 0 Å². The van der Waals surface area contributed by atoms with Crippen molar-refractivity contribution in [1.29, 1.82) is 0 Å². The molecule has 21 heavy (non-hydrogen) atoms. The average Bonchev–Trinajstić information content (AvgIpc) is 2.79. The molecule has 1 aromatic rings. The van der Waals surface area contributed by atoms with E-state index in [4.69, 9.17) is 11.6 Å². The third-order valence-electron chi connectivity index (χ3n) is 3.62. The van der Waals surface area contributed by atoms with Gasteiger partial charge in [-0.2, -0.15) is 0 Å².